The van der Waals surface area contributed by atoms with Gasteiger partial charge in [0.15, 0.2) is 0 Å². The molecule has 1 aliphatic rings. The molecular weight excluding hydrogens is 594 g/mol. The number of benzene rings is 2. The monoisotopic (exact) mass is 639 g/mol. The van der Waals surface area contributed by atoms with E-state index < -0.39 is 29.7 Å². The number of ether oxygens (including phenoxy) is 2. The number of urea groups is 1. The smallest absolute Gasteiger partial charge is 0.408 e. The highest BCUT2D eigenvalue weighted by Crippen LogP contribution is 2.26. The lowest BCUT2D eigenvalue weighted by molar-refractivity contribution is -0.140. The number of hydrogen-bond donors (Lipinski definition) is 5. The number of aryl methyl sites for hydroxylation is 1. The van der Waals surface area contributed by atoms with Gasteiger partial charge in [-0.25, -0.2) is 14.4 Å². The highest BCUT2D eigenvalue weighted by Gasteiger charge is 2.27. The second kappa shape index (κ2) is 16.5. The summed E-state index contributed by atoms with van der Waals surface area (Å²) in [6.45, 7) is 8.39. The number of alkyl carbamates (subject to hydrolysis) is 1. The fourth-order valence-electron chi connectivity index (χ4n) is 4.96. The maximum absolute atomic E-state index is 12.7. The Morgan fingerprint density at radius 3 is 2.30 bits per heavy atom. The first kappa shape index (κ1) is 35.7. The first-order valence-corrected chi connectivity index (χ1v) is 15.3. The van der Waals surface area contributed by atoms with E-state index in [0.29, 0.717) is 49.6 Å². The van der Waals surface area contributed by atoms with Gasteiger partial charge in [-0.15, -0.1) is 0 Å². The molecular formula is C33H45N5O8. The predicted molar refractivity (Wildman–Crippen MR) is 173 cm³/mol. The molecule has 1 atom stereocenters. The van der Waals surface area contributed by atoms with E-state index in [1.807, 2.05) is 31.2 Å². The fourth-order valence-corrected chi connectivity index (χ4v) is 4.96. The van der Waals surface area contributed by atoms with Crippen molar-refractivity contribution < 1.29 is 38.6 Å². The number of likely N-dealkylation sites (tertiary alicyclic amines) is 1. The van der Waals surface area contributed by atoms with Crippen LogP contribution >= 0.6 is 0 Å². The number of piperidine rings is 1. The number of aliphatic carboxylic acids is 1. The molecule has 1 aliphatic heterocycles. The third-order valence-electron chi connectivity index (χ3n) is 7.46. The maximum Gasteiger partial charge on any atom is 0.408 e. The second-order valence-electron chi connectivity index (χ2n) is 12.3. The van der Waals surface area contributed by atoms with E-state index in [4.69, 9.17) is 9.47 Å². The molecule has 2 aromatic rings. The summed E-state index contributed by atoms with van der Waals surface area (Å²) >= 11 is 0. The van der Waals surface area contributed by atoms with E-state index in [1.54, 1.807) is 43.9 Å². The zero-order valence-electron chi connectivity index (χ0n) is 27.1. The molecule has 0 bridgehead atoms. The molecule has 3 rings (SSSR count). The molecule has 5 amide bonds. The number of carboxylic acid groups (broad SMARTS) is 1. The Hall–Kier alpha value is -4.81. The molecule has 250 valence electrons. The van der Waals surface area contributed by atoms with Gasteiger partial charge in [-0.1, -0.05) is 24.3 Å². The van der Waals surface area contributed by atoms with E-state index >= 15 is 0 Å². The second-order valence-corrected chi connectivity index (χ2v) is 12.3. The van der Waals surface area contributed by atoms with Crippen LogP contribution in [0.25, 0.3) is 0 Å². The lowest BCUT2D eigenvalue weighted by atomic mass is 9.96. The number of nitrogens with one attached hydrogen (secondary N) is 4. The molecule has 0 spiro atoms. The minimum atomic E-state index is -1.24. The third kappa shape index (κ3) is 11.6. The number of nitrogens with zero attached hydrogens (tertiary/aromatic N) is 1. The highest BCUT2D eigenvalue weighted by molar-refractivity contribution is 6.01. The van der Waals surface area contributed by atoms with Crippen LogP contribution in [0.2, 0.25) is 0 Å². The summed E-state index contributed by atoms with van der Waals surface area (Å²) < 4.78 is 10.6. The maximum atomic E-state index is 12.7. The van der Waals surface area contributed by atoms with Gasteiger partial charge in [0.1, 0.15) is 17.4 Å². The topological polar surface area (TPSA) is 175 Å². The molecule has 46 heavy (non-hydrogen) atoms. The van der Waals surface area contributed by atoms with Crippen molar-refractivity contribution in [3.8, 4) is 5.75 Å². The summed E-state index contributed by atoms with van der Waals surface area (Å²) in [5, 5.41) is 20.3. The quantitative estimate of drug-likeness (QED) is 0.228. The highest BCUT2D eigenvalue weighted by atomic mass is 16.6. The molecule has 2 aromatic carbocycles. The van der Waals surface area contributed by atoms with E-state index in [9.17, 15) is 29.1 Å². The lowest BCUT2D eigenvalue weighted by Gasteiger charge is -2.32. The summed E-state index contributed by atoms with van der Waals surface area (Å²) in [7, 11) is 1.49. The number of carboxylic acids is 1. The Bertz CT molecular complexity index is 1400. The van der Waals surface area contributed by atoms with Gasteiger partial charge in [-0.3, -0.25) is 9.59 Å². The Morgan fingerprint density at radius 1 is 1.00 bits per heavy atom. The number of hydrogen-bond acceptors (Lipinski definition) is 7. The molecule has 1 fully saturated rings. The van der Waals surface area contributed by atoms with Crippen LogP contribution in [0.4, 0.5) is 21.0 Å². The van der Waals surface area contributed by atoms with E-state index in [1.165, 1.54) is 7.11 Å². The summed E-state index contributed by atoms with van der Waals surface area (Å²) in [6.07, 6.45) is 0.606. The Morgan fingerprint density at radius 2 is 1.67 bits per heavy atom. The first-order chi connectivity index (χ1) is 21.7. The minimum absolute atomic E-state index is 0.0245. The molecule has 0 saturated carbocycles. The van der Waals surface area contributed by atoms with Crippen molar-refractivity contribution in [3.63, 3.8) is 0 Å². The van der Waals surface area contributed by atoms with E-state index in [-0.39, 0.29) is 37.0 Å². The van der Waals surface area contributed by atoms with Crippen molar-refractivity contribution in [2.24, 2.45) is 5.92 Å². The summed E-state index contributed by atoms with van der Waals surface area (Å²) in [6, 6.07) is 11.0. The Kier molecular flexibility index (Phi) is 12.8. The van der Waals surface area contributed by atoms with E-state index in [0.717, 1.165) is 11.1 Å². The number of rotatable bonds is 12. The zero-order chi connectivity index (χ0) is 33.9. The van der Waals surface area contributed by atoms with E-state index in [2.05, 4.69) is 21.3 Å². The Balaban J connectivity index is 1.40. The van der Waals surface area contributed by atoms with Crippen molar-refractivity contribution in [2.75, 3.05) is 37.4 Å². The number of carbonyl (C=O) groups excluding carboxylic acids is 4. The van der Waals surface area contributed by atoms with Crippen LogP contribution in [-0.4, -0.2) is 78.3 Å². The summed E-state index contributed by atoms with van der Waals surface area (Å²) in [4.78, 5) is 63.2. The van der Waals surface area contributed by atoms with Crippen LogP contribution in [-0.2, 0) is 25.5 Å². The van der Waals surface area contributed by atoms with Gasteiger partial charge in [0.25, 0.3) is 0 Å². The van der Waals surface area contributed by atoms with Crippen molar-refractivity contribution in [2.45, 2.75) is 71.4 Å². The van der Waals surface area contributed by atoms with Crippen molar-refractivity contribution in [3.05, 3.63) is 53.6 Å². The Labute approximate surface area is 269 Å². The standard InChI is InChI=1S/C33H45N5O8/c1-21-8-6-7-9-24(21)35-31(43)36-25-11-10-23(18-27(25)45-5)19-28(39)34-20-22-14-16-38(17-15-22)29(40)13-12-26(30(41)42)37-32(44)46-33(2,3)4/h6-11,18,22,26H,12-17,19-20H2,1-5H3,(H,34,39)(H,37,44)(H,41,42)(H2,35,36,43). The molecule has 0 radical (unpaired) electrons. The van der Waals surface area contributed by atoms with Gasteiger partial charge in [-0.2, -0.15) is 0 Å². The third-order valence-corrected chi connectivity index (χ3v) is 7.46. The minimum Gasteiger partial charge on any atom is -0.495 e. The van der Waals surface area contributed by atoms with Crippen LogP contribution in [0.15, 0.2) is 42.5 Å². The summed E-state index contributed by atoms with van der Waals surface area (Å²) in [5.74, 6) is -0.949. The van der Waals surface area contributed by atoms with Gasteiger partial charge >= 0.3 is 18.1 Å². The number of methoxy groups -OCH3 is 1. The van der Waals surface area contributed by atoms with Crippen molar-refractivity contribution in [1.29, 1.82) is 0 Å². The molecule has 13 heteroatoms. The first-order valence-electron chi connectivity index (χ1n) is 15.3. The lowest BCUT2D eigenvalue weighted by Crippen LogP contribution is -2.45. The number of carbonyl (C=O) groups is 5. The van der Waals surface area contributed by atoms with Crippen LogP contribution in [0.5, 0.6) is 5.75 Å². The molecule has 1 unspecified atom stereocenters. The normalized spacial score (nSPS) is 14.1. The fraction of sp³-hybridized carbons (Fsp3) is 0.485. The zero-order valence-corrected chi connectivity index (χ0v) is 27.1. The molecule has 1 heterocycles. The molecule has 5 N–H and O–H groups in total. The van der Waals surface area contributed by atoms with Crippen LogP contribution in [0.1, 0.15) is 57.6 Å². The van der Waals surface area contributed by atoms with Crippen LogP contribution in [0, 0.1) is 12.8 Å². The number of anilines is 2. The molecule has 0 aromatic heterocycles. The van der Waals surface area contributed by atoms with Crippen LogP contribution in [0.3, 0.4) is 0 Å². The van der Waals surface area contributed by atoms with Crippen LogP contribution < -0.4 is 26.0 Å². The van der Waals surface area contributed by atoms with Gasteiger partial charge < -0.3 is 40.7 Å². The number of para-hydroxylation sites is 1. The number of amides is 5. The van der Waals surface area contributed by atoms with Crippen molar-refractivity contribution >= 4 is 41.3 Å². The molecule has 0 aliphatic carbocycles. The van der Waals surface area contributed by atoms with Gasteiger partial charge in [0, 0.05) is 31.7 Å². The predicted octanol–water partition coefficient (Wildman–Crippen LogP) is 4.30. The average Bonchev–Trinajstić information content (AvgIpc) is 2.99. The van der Waals surface area contributed by atoms with Gasteiger partial charge in [0.05, 0.1) is 19.2 Å². The van der Waals surface area contributed by atoms with Gasteiger partial charge in [0.2, 0.25) is 11.8 Å². The van der Waals surface area contributed by atoms with Crippen molar-refractivity contribution in [1.82, 2.24) is 15.5 Å². The molecule has 13 nitrogen and oxygen atoms in total. The largest absolute Gasteiger partial charge is 0.495 e. The van der Waals surface area contributed by atoms with Gasteiger partial charge in [-0.05, 0) is 82.2 Å². The molecule has 1 saturated heterocycles. The average molecular weight is 640 g/mol. The SMILES string of the molecule is COc1cc(CC(=O)NCC2CCN(C(=O)CCC(NC(=O)OC(C)(C)C)C(=O)O)CC2)ccc1NC(=O)Nc1ccccc1C. The summed E-state index contributed by atoms with van der Waals surface area (Å²) in [5.41, 5.74) is 2.05.